The fourth-order valence-corrected chi connectivity index (χ4v) is 1.59. The van der Waals surface area contributed by atoms with E-state index in [1.54, 1.807) is 0 Å². The maximum atomic E-state index is 13.6. The summed E-state index contributed by atoms with van der Waals surface area (Å²) in [5.41, 5.74) is 0.355. The topological polar surface area (TPSA) is 55.8 Å². The lowest BCUT2D eigenvalue weighted by atomic mass is 10.1. The normalized spacial score (nSPS) is 13.6. The molecule has 0 atom stereocenters. The van der Waals surface area contributed by atoms with Crippen molar-refractivity contribution in [2.45, 2.75) is 12.8 Å². The first-order valence-corrected chi connectivity index (χ1v) is 4.97. The van der Waals surface area contributed by atoms with Crippen molar-refractivity contribution in [2.75, 3.05) is 13.2 Å². The minimum Gasteiger partial charge on any atom is -0.505 e. The number of carbonyl (C=O) groups excluding carboxylic acids is 1. The zero-order valence-corrected chi connectivity index (χ0v) is 8.53. The summed E-state index contributed by atoms with van der Waals surface area (Å²) in [6, 6.07) is 1.51. The number of hydrogen-bond acceptors (Lipinski definition) is 4. The Hall–Kier alpha value is -1.78. The Kier molecular flexibility index (Phi) is 2.94. The summed E-state index contributed by atoms with van der Waals surface area (Å²) in [5.74, 6) is -1.06. The van der Waals surface area contributed by atoms with Gasteiger partial charge in [-0.15, -0.1) is 0 Å². The molecule has 0 spiro atoms. The van der Waals surface area contributed by atoms with Crippen molar-refractivity contribution in [3.63, 3.8) is 0 Å². The Morgan fingerprint density at radius 1 is 1.44 bits per heavy atom. The summed E-state index contributed by atoms with van der Waals surface area (Å²) in [7, 11) is 0. The number of phenolic OH excluding ortho intramolecular Hbond substituents is 1. The minimum atomic E-state index is -0.821. The van der Waals surface area contributed by atoms with Crippen LogP contribution in [-0.2, 0) is 11.2 Å². The second kappa shape index (κ2) is 4.38. The number of rotatable bonds is 3. The van der Waals surface area contributed by atoms with Crippen LogP contribution in [0.25, 0.3) is 0 Å². The van der Waals surface area contributed by atoms with Crippen molar-refractivity contribution in [3.05, 3.63) is 17.4 Å². The highest BCUT2D eigenvalue weighted by atomic mass is 19.1. The number of carbonyl (C=O) groups is 1. The van der Waals surface area contributed by atoms with Gasteiger partial charge in [-0.1, -0.05) is 0 Å². The average Bonchev–Trinajstić information content (AvgIpc) is 2.32. The van der Waals surface area contributed by atoms with Gasteiger partial charge in [0.1, 0.15) is 19.5 Å². The smallest absolute Gasteiger partial charge is 0.210 e. The van der Waals surface area contributed by atoms with Crippen LogP contribution in [0.15, 0.2) is 6.07 Å². The minimum absolute atomic E-state index is 0.0568. The van der Waals surface area contributed by atoms with E-state index in [4.69, 9.17) is 9.47 Å². The van der Waals surface area contributed by atoms with E-state index in [1.807, 2.05) is 0 Å². The van der Waals surface area contributed by atoms with E-state index >= 15 is 0 Å². The van der Waals surface area contributed by atoms with Gasteiger partial charge in [0.2, 0.25) is 11.6 Å². The Morgan fingerprint density at radius 3 is 2.94 bits per heavy atom. The van der Waals surface area contributed by atoms with Crippen LogP contribution in [0.1, 0.15) is 12.0 Å². The van der Waals surface area contributed by atoms with Crippen LogP contribution >= 0.6 is 0 Å². The van der Waals surface area contributed by atoms with Gasteiger partial charge in [0.15, 0.2) is 11.5 Å². The molecule has 1 aromatic rings. The van der Waals surface area contributed by atoms with Crippen LogP contribution in [0.4, 0.5) is 4.39 Å². The molecule has 1 heterocycles. The number of hydrogen-bond donors (Lipinski definition) is 1. The van der Waals surface area contributed by atoms with Crippen LogP contribution < -0.4 is 9.47 Å². The molecule has 0 bridgehead atoms. The summed E-state index contributed by atoms with van der Waals surface area (Å²) in [4.78, 5) is 10.2. The number of aldehydes is 1. The number of phenols is 1. The van der Waals surface area contributed by atoms with Crippen LogP contribution in [-0.4, -0.2) is 24.6 Å². The molecule has 5 heteroatoms. The Morgan fingerprint density at radius 2 is 2.19 bits per heavy atom. The van der Waals surface area contributed by atoms with Gasteiger partial charge < -0.3 is 19.4 Å². The molecule has 1 aromatic carbocycles. The Labute approximate surface area is 91.6 Å². The van der Waals surface area contributed by atoms with E-state index in [1.165, 1.54) is 6.07 Å². The fourth-order valence-electron chi connectivity index (χ4n) is 1.59. The molecule has 1 N–H and O–H groups in total. The molecule has 16 heavy (non-hydrogen) atoms. The first-order chi connectivity index (χ1) is 7.74. The molecule has 1 aliphatic heterocycles. The number of aromatic hydroxyl groups is 1. The lowest BCUT2D eigenvalue weighted by Gasteiger charge is -2.20. The molecule has 4 nitrogen and oxygen atoms in total. The quantitative estimate of drug-likeness (QED) is 0.792. The highest BCUT2D eigenvalue weighted by Crippen LogP contribution is 2.40. The molecule has 0 radical (unpaired) electrons. The van der Waals surface area contributed by atoms with Crippen molar-refractivity contribution in [1.82, 2.24) is 0 Å². The number of benzene rings is 1. The molecule has 0 aliphatic carbocycles. The van der Waals surface area contributed by atoms with Crippen molar-refractivity contribution in [1.29, 1.82) is 0 Å². The zero-order valence-electron chi connectivity index (χ0n) is 8.53. The molecular formula is C11H11FO4. The van der Waals surface area contributed by atoms with Crippen LogP contribution in [0, 0.1) is 5.82 Å². The molecule has 1 aliphatic rings. The number of halogens is 1. The zero-order chi connectivity index (χ0) is 11.5. The first kappa shape index (κ1) is 10.7. The molecule has 0 saturated carbocycles. The van der Waals surface area contributed by atoms with Gasteiger partial charge in [-0.2, -0.15) is 4.39 Å². The highest BCUT2D eigenvalue weighted by Gasteiger charge is 2.22. The van der Waals surface area contributed by atoms with Crippen molar-refractivity contribution >= 4 is 6.29 Å². The molecule has 2 rings (SSSR count). The third-order valence-electron chi connectivity index (χ3n) is 2.36. The van der Waals surface area contributed by atoms with Gasteiger partial charge in [0.25, 0.3) is 0 Å². The summed E-state index contributed by atoms with van der Waals surface area (Å²) in [6.45, 7) is 0.612. The summed E-state index contributed by atoms with van der Waals surface area (Å²) >= 11 is 0. The van der Waals surface area contributed by atoms with Gasteiger partial charge in [0, 0.05) is 12.0 Å². The average molecular weight is 226 g/mol. The van der Waals surface area contributed by atoms with E-state index < -0.39 is 11.6 Å². The molecule has 0 aromatic heterocycles. The predicted molar refractivity (Wildman–Crippen MR) is 53.4 cm³/mol. The second-order valence-corrected chi connectivity index (χ2v) is 3.43. The Bertz CT molecular complexity index is 417. The lowest BCUT2D eigenvalue weighted by Crippen LogP contribution is -2.16. The molecule has 0 unspecified atom stereocenters. The number of fused-ring (bicyclic) bond motifs is 1. The second-order valence-electron chi connectivity index (χ2n) is 3.43. The maximum absolute atomic E-state index is 13.6. The maximum Gasteiger partial charge on any atom is 0.210 e. The van der Waals surface area contributed by atoms with E-state index in [0.717, 1.165) is 0 Å². The SMILES string of the molecule is O=CCCc1cc2c(c(F)c1O)OCCO2. The van der Waals surface area contributed by atoms with E-state index in [0.29, 0.717) is 18.5 Å². The van der Waals surface area contributed by atoms with Gasteiger partial charge in [-0.25, -0.2) is 0 Å². The third kappa shape index (κ3) is 1.80. The Balaban J connectivity index is 2.39. The van der Waals surface area contributed by atoms with Crippen molar-refractivity contribution < 1.29 is 23.8 Å². The first-order valence-electron chi connectivity index (χ1n) is 4.97. The molecule has 0 saturated heterocycles. The molecule has 0 amide bonds. The van der Waals surface area contributed by atoms with Gasteiger partial charge in [0.05, 0.1) is 0 Å². The standard InChI is InChI=1S/C11H11FO4/c12-9-10(14)7(2-1-3-13)6-8-11(9)16-5-4-15-8/h3,6,14H,1-2,4-5H2. The largest absolute Gasteiger partial charge is 0.505 e. The summed E-state index contributed by atoms with van der Waals surface area (Å²) < 4.78 is 23.9. The van der Waals surface area contributed by atoms with Gasteiger partial charge in [-0.05, 0) is 12.5 Å². The molecule has 0 fully saturated rings. The van der Waals surface area contributed by atoms with Crippen molar-refractivity contribution in [3.8, 4) is 17.2 Å². The van der Waals surface area contributed by atoms with Gasteiger partial charge in [-0.3, -0.25) is 0 Å². The van der Waals surface area contributed by atoms with E-state index in [-0.39, 0.29) is 30.9 Å². The highest BCUT2D eigenvalue weighted by molar-refractivity contribution is 5.55. The summed E-state index contributed by atoms with van der Waals surface area (Å²) in [5, 5.41) is 9.55. The lowest BCUT2D eigenvalue weighted by molar-refractivity contribution is -0.107. The van der Waals surface area contributed by atoms with E-state index in [9.17, 15) is 14.3 Å². The monoisotopic (exact) mass is 226 g/mol. The molecule has 86 valence electrons. The number of aryl methyl sites for hydroxylation is 1. The number of ether oxygens (including phenoxy) is 2. The van der Waals surface area contributed by atoms with Crippen LogP contribution in [0.2, 0.25) is 0 Å². The predicted octanol–water partition coefficient (Wildman–Crippen LogP) is 1.43. The van der Waals surface area contributed by atoms with Gasteiger partial charge >= 0.3 is 0 Å². The van der Waals surface area contributed by atoms with E-state index in [2.05, 4.69) is 0 Å². The van der Waals surface area contributed by atoms with Crippen molar-refractivity contribution in [2.24, 2.45) is 0 Å². The fraction of sp³-hybridized carbons (Fsp3) is 0.364. The van der Waals surface area contributed by atoms with Crippen LogP contribution in [0.3, 0.4) is 0 Å². The van der Waals surface area contributed by atoms with Crippen LogP contribution in [0.5, 0.6) is 17.2 Å². The summed E-state index contributed by atoms with van der Waals surface area (Å²) in [6.07, 6.45) is 1.23. The molecular weight excluding hydrogens is 215 g/mol. The third-order valence-corrected chi connectivity index (χ3v) is 2.36.